The summed E-state index contributed by atoms with van der Waals surface area (Å²) in [6.07, 6.45) is -0.484. The maximum atomic E-state index is 12.9. The molecular formula is C22H17N3O5. The second kappa shape index (κ2) is 7.67. The first-order chi connectivity index (χ1) is 14.5. The van der Waals surface area contributed by atoms with Gasteiger partial charge in [-0.1, -0.05) is 48.5 Å². The number of nitrogens with two attached hydrogens (primary N) is 1. The molecule has 3 aromatic rings. The molecule has 2 N–H and O–H groups in total. The molecule has 8 heteroatoms. The third-order valence-electron chi connectivity index (χ3n) is 4.95. The summed E-state index contributed by atoms with van der Waals surface area (Å²) < 4.78 is 5.74. The van der Waals surface area contributed by atoms with Crippen molar-refractivity contribution < 1.29 is 19.2 Å². The van der Waals surface area contributed by atoms with E-state index in [1.807, 2.05) is 12.1 Å². The summed E-state index contributed by atoms with van der Waals surface area (Å²) in [7, 11) is 0. The highest BCUT2D eigenvalue weighted by Crippen LogP contribution is 2.41. The second-order valence-electron chi connectivity index (χ2n) is 6.73. The summed E-state index contributed by atoms with van der Waals surface area (Å²) in [5, 5.41) is 11.3. The average molecular weight is 403 g/mol. The Morgan fingerprint density at radius 1 is 0.967 bits per heavy atom. The summed E-state index contributed by atoms with van der Waals surface area (Å²) in [5.41, 5.74) is 7.63. The molecule has 4 rings (SSSR count). The zero-order valence-corrected chi connectivity index (χ0v) is 15.7. The SMILES string of the molecule is NC(=O)N1c2ccccc2C[C@H](OC(=O)c2ccccc2[N+](=O)[O-])c2ccccc21. The minimum Gasteiger partial charge on any atom is -0.453 e. The number of para-hydroxylation sites is 3. The summed E-state index contributed by atoms with van der Waals surface area (Å²) in [4.78, 5) is 37.2. The molecule has 0 spiro atoms. The molecule has 150 valence electrons. The monoisotopic (exact) mass is 403 g/mol. The molecule has 3 aromatic carbocycles. The van der Waals surface area contributed by atoms with Gasteiger partial charge in [0, 0.05) is 18.1 Å². The molecule has 0 aliphatic carbocycles. The normalized spacial score (nSPS) is 14.8. The van der Waals surface area contributed by atoms with Gasteiger partial charge >= 0.3 is 12.0 Å². The fourth-order valence-corrected chi connectivity index (χ4v) is 3.65. The van der Waals surface area contributed by atoms with Gasteiger partial charge in [0.2, 0.25) is 0 Å². The minimum atomic E-state index is -0.813. The first kappa shape index (κ1) is 19.1. The summed E-state index contributed by atoms with van der Waals surface area (Å²) in [5.74, 6) is -0.813. The molecule has 0 bridgehead atoms. The summed E-state index contributed by atoms with van der Waals surface area (Å²) >= 11 is 0. The molecule has 0 saturated carbocycles. The number of amides is 2. The molecular weight excluding hydrogens is 386 g/mol. The number of esters is 1. The van der Waals surface area contributed by atoms with Gasteiger partial charge < -0.3 is 10.5 Å². The lowest BCUT2D eigenvalue weighted by atomic mass is 10.0. The van der Waals surface area contributed by atoms with Crippen molar-refractivity contribution in [2.75, 3.05) is 4.90 Å². The van der Waals surface area contributed by atoms with Crippen LogP contribution in [0.5, 0.6) is 0 Å². The van der Waals surface area contributed by atoms with E-state index < -0.39 is 23.0 Å². The number of nitro benzene ring substituents is 1. The first-order valence-corrected chi connectivity index (χ1v) is 9.18. The predicted octanol–water partition coefficient (Wildman–Crippen LogP) is 4.27. The Morgan fingerprint density at radius 3 is 2.33 bits per heavy atom. The Labute approximate surface area is 171 Å². The molecule has 1 atom stereocenters. The molecule has 1 heterocycles. The van der Waals surface area contributed by atoms with Crippen molar-refractivity contribution in [2.24, 2.45) is 5.73 Å². The Kier molecular flexibility index (Phi) is 4.89. The van der Waals surface area contributed by atoms with Gasteiger partial charge in [-0.3, -0.25) is 15.0 Å². The van der Waals surface area contributed by atoms with E-state index in [0.717, 1.165) is 5.56 Å². The number of carbonyl (C=O) groups excluding carboxylic acids is 2. The molecule has 8 nitrogen and oxygen atoms in total. The molecule has 30 heavy (non-hydrogen) atoms. The number of fused-ring (bicyclic) bond motifs is 2. The van der Waals surface area contributed by atoms with E-state index in [4.69, 9.17) is 10.5 Å². The Morgan fingerprint density at radius 2 is 1.60 bits per heavy atom. The summed E-state index contributed by atoms with van der Waals surface area (Å²) in [6, 6.07) is 19.1. The van der Waals surface area contributed by atoms with Crippen LogP contribution in [0.2, 0.25) is 0 Å². The van der Waals surface area contributed by atoms with E-state index in [9.17, 15) is 19.7 Å². The third kappa shape index (κ3) is 3.35. The van der Waals surface area contributed by atoms with Crippen LogP contribution < -0.4 is 10.6 Å². The highest BCUT2D eigenvalue weighted by molar-refractivity contribution is 6.00. The maximum absolute atomic E-state index is 12.9. The van der Waals surface area contributed by atoms with Crippen LogP contribution >= 0.6 is 0 Å². The smallest absolute Gasteiger partial charge is 0.345 e. The highest BCUT2D eigenvalue weighted by Gasteiger charge is 2.32. The van der Waals surface area contributed by atoms with Crippen LogP contribution in [0.1, 0.15) is 27.6 Å². The number of carbonyl (C=O) groups is 2. The largest absolute Gasteiger partial charge is 0.453 e. The van der Waals surface area contributed by atoms with Crippen LogP contribution in [0, 0.1) is 10.1 Å². The van der Waals surface area contributed by atoms with Crippen LogP contribution in [-0.2, 0) is 11.2 Å². The van der Waals surface area contributed by atoms with E-state index in [1.165, 1.54) is 29.2 Å². The van der Waals surface area contributed by atoms with Crippen molar-refractivity contribution in [3.63, 3.8) is 0 Å². The van der Waals surface area contributed by atoms with Crippen LogP contribution in [0.25, 0.3) is 0 Å². The van der Waals surface area contributed by atoms with Crippen molar-refractivity contribution in [3.8, 4) is 0 Å². The van der Waals surface area contributed by atoms with E-state index >= 15 is 0 Å². The molecule has 0 fully saturated rings. The number of ether oxygens (including phenoxy) is 1. The molecule has 1 aliphatic rings. The van der Waals surface area contributed by atoms with Gasteiger partial charge in [-0.2, -0.15) is 0 Å². The fourth-order valence-electron chi connectivity index (χ4n) is 3.65. The van der Waals surface area contributed by atoms with Gasteiger partial charge in [-0.15, -0.1) is 0 Å². The van der Waals surface area contributed by atoms with Crippen LogP contribution in [0.4, 0.5) is 21.9 Å². The lowest BCUT2D eigenvalue weighted by Gasteiger charge is -2.23. The Hall–Kier alpha value is -4.20. The van der Waals surface area contributed by atoms with Crippen LogP contribution in [0.3, 0.4) is 0 Å². The van der Waals surface area contributed by atoms with Crippen molar-refractivity contribution in [2.45, 2.75) is 12.5 Å². The Bertz CT molecular complexity index is 1160. The van der Waals surface area contributed by atoms with Crippen LogP contribution in [0.15, 0.2) is 72.8 Å². The molecule has 0 saturated heterocycles. The highest BCUT2D eigenvalue weighted by atomic mass is 16.6. The molecule has 0 aromatic heterocycles. The van der Waals surface area contributed by atoms with Crippen molar-refractivity contribution in [1.29, 1.82) is 0 Å². The van der Waals surface area contributed by atoms with Gasteiger partial charge in [-0.25, -0.2) is 9.59 Å². The zero-order valence-electron chi connectivity index (χ0n) is 15.7. The number of hydrogen-bond acceptors (Lipinski definition) is 5. The van der Waals surface area contributed by atoms with Gasteiger partial charge in [0.25, 0.3) is 5.69 Å². The van der Waals surface area contributed by atoms with Gasteiger partial charge in [0.15, 0.2) is 0 Å². The first-order valence-electron chi connectivity index (χ1n) is 9.18. The lowest BCUT2D eigenvalue weighted by molar-refractivity contribution is -0.385. The number of primary amides is 1. The van der Waals surface area contributed by atoms with Crippen molar-refractivity contribution >= 4 is 29.1 Å². The number of rotatable bonds is 3. The van der Waals surface area contributed by atoms with E-state index in [-0.39, 0.29) is 17.7 Å². The zero-order chi connectivity index (χ0) is 21.3. The lowest BCUT2D eigenvalue weighted by Crippen LogP contribution is -2.32. The number of anilines is 2. The van der Waals surface area contributed by atoms with Crippen molar-refractivity contribution in [1.82, 2.24) is 0 Å². The van der Waals surface area contributed by atoms with E-state index in [1.54, 1.807) is 36.4 Å². The van der Waals surface area contributed by atoms with E-state index in [2.05, 4.69) is 0 Å². The predicted molar refractivity (Wildman–Crippen MR) is 110 cm³/mol. The average Bonchev–Trinajstić information content (AvgIpc) is 2.88. The summed E-state index contributed by atoms with van der Waals surface area (Å²) in [6.45, 7) is 0. The minimum absolute atomic E-state index is 0.135. The second-order valence-corrected chi connectivity index (χ2v) is 6.73. The van der Waals surface area contributed by atoms with Gasteiger partial charge in [-0.05, 0) is 23.8 Å². The fraction of sp³-hybridized carbons (Fsp3) is 0.0909. The number of nitro groups is 1. The van der Waals surface area contributed by atoms with Gasteiger partial charge in [0.1, 0.15) is 11.7 Å². The molecule has 2 amide bonds. The third-order valence-corrected chi connectivity index (χ3v) is 4.95. The molecule has 1 aliphatic heterocycles. The Balaban J connectivity index is 1.79. The van der Waals surface area contributed by atoms with Crippen molar-refractivity contribution in [3.05, 3.63) is 99.6 Å². The van der Waals surface area contributed by atoms with Crippen LogP contribution in [-0.4, -0.2) is 16.9 Å². The molecule has 0 radical (unpaired) electrons. The van der Waals surface area contributed by atoms with E-state index in [0.29, 0.717) is 16.9 Å². The van der Waals surface area contributed by atoms with Gasteiger partial charge in [0.05, 0.1) is 16.3 Å². The number of hydrogen-bond donors (Lipinski definition) is 1. The number of urea groups is 1. The molecule has 0 unspecified atom stereocenters. The quantitative estimate of drug-likeness (QED) is 0.398. The maximum Gasteiger partial charge on any atom is 0.345 e. The number of nitrogens with zero attached hydrogens (tertiary/aromatic N) is 2. The number of benzene rings is 3. The standard InChI is InChI=1S/C22H17N3O5/c23-22(27)24-17-10-4-1-7-14(17)13-20(15-8-2-5-11-18(15)24)30-21(26)16-9-3-6-12-19(16)25(28)29/h1-12,20H,13H2,(H2,23,27)/t20-/m0/s1. The topological polar surface area (TPSA) is 116 Å².